The Balaban J connectivity index is 1.80. The van der Waals surface area contributed by atoms with Crippen LogP contribution in [0.15, 0.2) is 83.9 Å². The zero-order chi connectivity index (χ0) is 20.9. The van der Waals surface area contributed by atoms with Gasteiger partial charge in [-0.1, -0.05) is 41.9 Å². The smallest absolute Gasteiger partial charge is 0.336 e. The number of carbonyl (C=O) groups excluding carboxylic acids is 1. The van der Waals surface area contributed by atoms with E-state index in [1.807, 2.05) is 6.07 Å². The van der Waals surface area contributed by atoms with E-state index in [0.717, 1.165) is 24.3 Å². The molecule has 0 radical (unpaired) electrons. The summed E-state index contributed by atoms with van der Waals surface area (Å²) < 4.78 is 37.9. The summed E-state index contributed by atoms with van der Waals surface area (Å²) in [5.41, 5.74) is 2.73. The van der Waals surface area contributed by atoms with Crippen molar-refractivity contribution in [3.8, 4) is 0 Å². The van der Waals surface area contributed by atoms with Gasteiger partial charge in [0.05, 0.1) is 16.8 Å². The topological polar surface area (TPSA) is 50.7 Å². The summed E-state index contributed by atoms with van der Waals surface area (Å²) in [5, 5.41) is 0.458. The number of para-hydroxylation sites is 1. The number of carbonyl (C=O) groups is 1. The van der Waals surface area contributed by atoms with Crippen molar-refractivity contribution >= 4 is 29.1 Å². The van der Waals surface area contributed by atoms with Crippen LogP contribution in [0.2, 0.25) is 5.02 Å². The molecule has 0 heterocycles. The fourth-order valence-corrected chi connectivity index (χ4v) is 2.55. The third-order valence-corrected chi connectivity index (χ3v) is 4.02. The van der Waals surface area contributed by atoms with Gasteiger partial charge in [-0.05, 0) is 48.5 Å². The molecule has 0 unspecified atom stereocenters. The fraction of sp³-hybridized carbons (Fsp3) is 0.0476. The molecular formula is C21H14ClF3N2O2. The van der Waals surface area contributed by atoms with Crippen molar-refractivity contribution in [1.82, 2.24) is 5.48 Å². The van der Waals surface area contributed by atoms with E-state index < -0.39 is 17.7 Å². The highest BCUT2D eigenvalue weighted by Crippen LogP contribution is 2.29. The Labute approximate surface area is 169 Å². The molecule has 3 aromatic rings. The minimum atomic E-state index is -4.48. The van der Waals surface area contributed by atoms with Crippen LogP contribution in [0.5, 0.6) is 0 Å². The molecule has 4 nitrogen and oxygen atoms in total. The zero-order valence-electron chi connectivity index (χ0n) is 14.8. The highest BCUT2D eigenvalue weighted by atomic mass is 35.5. The SMILES string of the molecule is O=C(ONC(=Nc1ccccc1)c1cccc(Cl)c1)c1ccc(C(F)(F)F)cc1. The number of nitrogens with one attached hydrogen (secondary N) is 1. The number of hydroxylamine groups is 1. The second-order valence-corrected chi connectivity index (χ2v) is 6.31. The summed E-state index contributed by atoms with van der Waals surface area (Å²) >= 11 is 6.02. The Hall–Kier alpha value is -3.32. The number of hydrogen-bond acceptors (Lipinski definition) is 3. The van der Waals surface area contributed by atoms with Gasteiger partial charge in [-0.3, -0.25) is 0 Å². The van der Waals surface area contributed by atoms with Crippen molar-refractivity contribution in [2.45, 2.75) is 6.18 Å². The molecule has 0 saturated carbocycles. The molecule has 0 amide bonds. The van der Waals surface area contributed by atoms with E-state index in [0.29, 0.717) is 16.3 Å². The van der Waals surface area contributed by atoms with Crippen LogP contribution >= 0.6 is 11.6 Å². The maximum absolute atomic E-state index is 12.6. The second kappa shape index (κ2) is 8.79. The van der Waals surface area contributed by atoms with E-state index in [1.165, 1.54) is 0 Å². The van der Waals surface area contributed by atoms with Gasteiger partial charge in [0.2, 0.25) is 0 Å². The maximum Gasteiger partial charge on any atom is 0.416 e. The molecule has 0 bridgehead atoms. The normalized spacial score (nSPS) is 11.8. The number of amidine groups is 1. The summed E-state index contributed by atoms with van der Waals surface area (Å²) in [4.78, 5) is 21.7. The van der Waals surface area contributed by atoms with Crippen LogP contribution in [0.4, 0.5) is 18.9 Å². The van der Waals surface area contributed by atoms with E-state index in [-0.39, 0.29) is 11.4 Å². The van der Waals surface area contributed by atoms with Crippen LogP contribution in [0.1, 0.15) is 21.5 Å². The lowest BCUT2D eigenvalue weighted by Crippen LogP contribution is -2.28. The van der Waals surface area contributed by atoms with Crippen LogP contribution in [0, 0.1) is 0 Å². The summed E-state index contributed by atoms with van der Waals surface area (Å²) in [6.45, 7) is 0. The molecule has 0 saturated heterocycles. The summed E-state index contributed by atoms with van der Waals surface area (Å²) in [5.74, 6) is -0.652. The minimum absolute atomic E-state index is 0.0457. The van der Waals surface area contributed by atoms with Crippen LogP contribution in [-0.2, 0) is 11.0 Å². The van der Waals surface area contributed by atoms with Gasteiger partial charge in [0, 0.05) is 10.6 Å². The third-order valence-electron chi connectivity index (χ3n) is 3.78. The lowest BCUT2D eigenvalue weighted by atomic mass is 10.1. The summed E-state index contributed by atoms with van der Waals surface area (Å²) in [7, 11) is 0. The van der Waals surface area contributed by atoms with Crippen molar-refractivity contribution in [3.63, 3.8) is 0 Å². The number of alkyl halides is 3. The van der Waals surface area contributed by atoms with Crippen LogP contribution in [-0.4, -0.2) is 11.8 Å². The van der Waals surface area contributed by atoms with E-state index in [4.69, 9.17) is 16.4 Å². The standard InChI is InChI=1S/C21H14ClF3N2O2/c22-17-6-4-5-15(13-17)19(26-18-7-2-1-3-8-18)27-29-20(28)14-9-11-16(12-10-14)21(23,24)25/h1-13H,(H,26,27). The highest BCUT2D eigenvalue weighted by Gasteiger charge is 2.30. The average molecular weight is 419 g/mol. The molecule has 8 heteroatoms. The first-order valence-electron chi connectivity index (χ1n) is 8.37. The Morgan fingerprint density at radius 3 is 2.21 bits per heavy atom. The number of aliphatic imine (C=N–C) groups is 1. The van der Waals surface area contributed by atoms with Gasteiger partial charge in [0.25, 0.3) is 0 Å². The van der Waals surface area contributed by atoms with E-state index in [9.17, 15) is 18.0 Å². The first kappa shape index (κ1) is 20.4. The van der Waals surface area contributed by atoms with Crippen molar-refractivity contribution in [2.24, 2.45) is 4.99 Å². The molecule has 0 aliphatic carbocycles. The number of hydrogen-bond donors (Lipinski definition) is 1. The Morgan fingerprint density at radius 1 is 0.897 bits per heavy atom. The van der Waals surface area contributed by atoms with Gasteiger partial charge in [-0.25, -0.2) is 9.79 Å². The van der Waals surface area contributed by atoms with Gasteiger partial charge in [0.1, 0.15) is 0 Å². The van der Waals surface area contributed by atoms with Crippen LogP contribution in [0.25, 0.3) is 0 Å². The minimum Gasteiger partial charge on any atom is -0.336 e. The van der Waals surface area contributed by atoms with Crippen molar-refractivity contribution in [1.29, 1.82) is 0 Å². The molecular weight excluding hydrogens is 405 g/mol. The predicted octanol–water partition coefficient (Wildman–Crippen LogP) is 5.80. The van der Waals surface area contributed by atoms with Crippen LogP contribution in [0.3, 0.4) is 0 Å². The molecule has 3 aromatic carbocycles. The molecule has 148 valence electrons. The number of nitrogens with zero attached hydrogens (tertiary/aromatic N) is 1. The third kappa shape index (κ3) is 5.58. The zero-order valence-corrected chi connectivity index (χ0v) is 15.5. The Morgan fingerprint density at radius 2 is 1.59 bits per heavy atom. The Kier molecular flexibility index (Phi) is 6.19. The molecule has 3 rings (SSSR count). The molecule has 0 fully saturated rings. The molecule has 0 aromatic heterocycles. The molecule has 1 N–H and O–H groups in total. The van der Waals surface area contributed by atoms with E-state index in [2.05, 4.69) is 10.5 Å². The summed E-state index contributed by atoms with van der Waals surface area (Å²) in [6.07, 6.45) is -4.48. The van der Waals surface area contributed by atoms with Crippen molar-refractivity contribution < 1.29 is 22.8 Å². The predicted molar refractivity (Wildman–Crippen MR) is 104 cm³/mol. The first-order valence-corrected chi connectivity index (χ1v) is 8.75. The van der Waals surface area contributed by atoms with Gasteiger partial charge in [0.15, 0.2) is 5.84 Å². The average Bonchev–Trinajstić information content (AvgIpc) is 2.71. The number of benzene rings is 3. The van der Waals surface area contributed by atoms with Crippen molar-refractivity contribution in [2.75, 3.05) is 0 Å². The largest absolute Gasteiger partial charge is 0.416 e. The number of halogens is 4. The van der Waals surface area contributed by atoms with Gasteiger partial charge in [-0.15, -0.1) is 0 Å². The number of rotatable bonds is 3. The van der Waals surface area contributed by atoms with Gasteiger partial charge in [-0.2, -0.15) is 18.7 Å². The first-order chi connectivity index (χ1) is 13.8. The van der Waals surface area contributed by atoms with E-state index >= 15 is 0 Å². The Bertz CT molecular complexity index is 1020. The molecule has 0 aliphatic heterocycles. The lowest BCUT2D eigenvalue weighted by molar-refractivity contribution is -0.137. The monoisotopic (exact) mass is 418 g/mol. The van der Waals surface area contributed by atoms with Gasteiger partial charge >= 0.3 is 12.1 Å². The molecule has 0 aliphatic rings. The second-order valence-electron chi connectivity index (χ2n) is 5.87. The lowest BCUT2D eigenvalue weighted by Gasteiger charge is -2.11. The van der Waals surface area contributed by atoms with Crippen LogP contribution < -0.4 is 5.48 Å². The maximum atomic E-state index is 12.6. The fourth-order valence-electron chi connectivity index (χ4n) is 2.36. The van der Waals surface area contributed by atoms with E-state index in [1.54, 1.807) is 48.5 Å². The van der Waals surface area contributed by atoms with Crippen molar-refractivity contribution in [3.05, 3.63) is 101 Å². The molecule has 29 heavy (non-hydrogen) atoms. The molecule has 0 atom stereocenters. The quantitative estimate of drug-likeness (QED) is 0.332. The highest BCUT2D eigenvalue weighted by molar-refractivity contribution is 6.31. The molecule has 0 spiro atoms. The van der Waals surface area contributed by atoms with Gasteiger partial charge < -0.3 is 4.84 Å². The summed E-state index contributed by atoms with van der Waals surface area (Å²) in [6, 6.07) is 19.4.